The number of rotatable bonds is 4. The first-order valence-corrected chi connectivity index (χ1v) is 10.5. The molecule has 2 heterocycles. The summed E-state index contributed by atoms with van der Waals surface area (Å²) in [6.07, 6.45) is 12.9. The van der Waals surface area contributed by atoms with E-state index in [0.29, 0.717) is 10.8 Å². The van der Waals surface area contributed by atoms with Gasteiger partial charge in [0.1, 0.15) is 5.76 Å². The lowest BCUT2D eigenvalue weighted by Gasteiger charge is -2.27. The van der Waals surface area contributed by atoms with Gasteiger partial charge in [0.15, 0.2) is 0 Å². The summed E-state index contributed by atoms with van der Waals surface area (Å²) in [5.74, 6) is 2.03. The van der Waals surface area contributed by atoms with E-state index in [9.17, 15) is 0 Å². The molecule has 0 bridgehead atoms. The van der Waals surface area contributed by atoms with E-state index < -0.39 is 0 Å². The van der Waals surface area contributed by atoms with E-state index in [0.717, 1.165) is 30.1 Å². The predicted octanol–water partition coefficient (Wildman–Crippen LogP) is 6.02. The number of aromatic nitrogens is 2. The van der Waals surface area contributed by atoms with Crippen LogP contribution in [0.15, 0.2) is 22.1 Å². The molecule has 0 unspecified atom stereocenters. The van der Waals surface area contributed by atoms with Crippen LogP contribution in [0.4, 0.5) is 0 Å². The minimum Gasteiger partial charge on any atom is -0.442 e. The summed E-state index contributed by atoms with van der Waals surface area (Å²) >= 11 is 7.53. The van der Waals surface area contributed by atoms with Crippen LogP contribution in [-0.4, -0.2) is 15.3 Å². The lowest BCUT2D eigenvalue weighted by Crippen LogP contribution is -2.17. The van der Waals surface area contributed by atoms with Crippen molar-refractivity contribution in [1.82, 2.24) is 9.55 Å². The Labute approximate surface area is 152 Å². The maximum Gasteiger partial charge on any atom is 0.231 e. The predicted molar refractivity (Wildman–Crippen MR) is 103 cm³/mol. The molecule has 0 aromatic carbocycles. The minimum absolute atomic E-state index is 0.490. The number of fused-ring (bicyclic) bond motifs is 3. The molecule has 0 atom stereocenters. The summed E-state index contributed by atoms with van der Waals surface area (Å²) in [7, 11) is 0. The lowest BCUT2D eigenvalue weighted by molar-refractivity contribution is 0.332. The molecule has 0 spiro atoms. The highest BCUT2D eigenvalue weighted by Crippen LogP contribution is 2.40. The zero-order valence-electron chi connectivity index (χ0n) is 14.1. The van der Waals surface area contributed by atoms with Crippen LogP contribution in [0.25, 0.3) is 11.1 Å². The van der Waals surface area contributed by atoms with E-state index in [1.165, 1.54) is 60.9 Å². The first-order valence-electron chi connectivity index (χ1n) is 9.10. The molecule has 3 nitrogen and oxygen atoms in total. The largest absolute Gasteiger partial charge is 0.442 e. The van der Waals surface area contributed by atoms with Gasteiger partial charge in [0.05, 0.1) is 10.4 Å². The molecule has 1 fully saturated rings. The molecule has 1 saturated carbocycles. The molecule has 0 radical (unpaired) electrons. The minimum atomic E-state index is 0.490. The van der Waals surface area contributed by atoms with Gasteiger partial charge in [-0.3, -0.25) is 0 Å². The number of aryl methyl sites for hydroxylation is 2. The average molecular weight is 361 g/mol. The van der Waals surface area contributed by atoms with E-state index in [-0.39, 0.29) is 0 Å². The number of nitrogens with zero attached hydrogens (tertiary/aromatic N) is 2. The molecule has 0 amide bonds. The fourth-order valence-corrected chi connectivity index (χ4v) is 5.53. The smallest absolute Gasteiger partial charge is 0.231 e. The lowest BCUT2D eigenvalue weighted by atomic mass is 9.94. The normalized spacial score (nSPS) is 18.7. The van der Waals surface area contributed by atoms with Crippen LogP contribution in [0.1, 0.15) is 62.3 Å². The molecule has 0 aliphatic heterocycles. The summed E-state index contributed by atoms with van der Waals surface area (Å²) in [5.41, 5.74) is 2.14. The van der Waals surface area contributed by atoms with Gasteiger partial charge in [0.25, 0.3) is 0 Å². The van der Waals surface area contributed by atoms with Gasteiger partial charge in [-0.25, -0.2) is 0 Å². The quantitative estimate of drug-likeness (QED) is 0.289. The van der Waals surface area contributed by atoms with Crippen LogP contribution in [-0.2, 0) is 12.8 Å². The van der Waals surface area contributed by atoms with Crippen molar-refractivity contribution < 1.29 is 4.42 Å². The third-order valence-corrected chi connectivity index (χ3v) is 6.63. The third kappa shape index (κ3) is 2.86. The molecule has 4 rings (SSSR count). The molecule has 2 aliphatic rings. The molecule has 0 saturated heterocycles. The average Bonchev–Trinajstić information content (AvgIpc) is 2.98. The third-order valence-electron chi connectivity index (χ3n) is 5.27. The number of hydrogen-bond acceptors (Lipinski definition) is 4. The summed E-state index contributed by atoms with van der Waals surface area (Å²) in [6, 6.07) is 0.490. The second kappa shape index (κ2) is 7.04. The van der Waals surface area contributed by atoms with Crippen LogP contribution in [0, 0.1) is 4.77 Å². The Balaban J connectivity index is 1.93. The fourth-order valence-electron chi connectivity index (χ4n) is 4.14. The Morgan fingerprint density at radius 1 is 1.21 bits per heavy atom. The fraction of sp³-hybridized carbons (Fsp3) is 0.579. The molecule has 2 aromatic heterocycles. The first kappa shape index (κ1) is 16.4. The molecule has 2 aliphatic carbocycles. The van der Waals surface area contributed by atoms with Crippen molar-refractivity contribution in [2.75, 3.05) is 5.75 Å². The van der Waals surface area contributed by atoms with Gasteiger partial charge in [-0.15, -0.1) is 18.3 Å². The maximum absolute atomic E-state index is 6.10. The zero-order chi connectivity index (χ0) is 16.5. The summed E-state index contributed by atoms with van der Waals surface area (Å²) in [5, 5.41) is 2.50. The molecule has 5 heteroatoms. The van der Waals surface area contributed by atoms with Gasteiger partial charge in [-0.05, 0) is 44.3 Å². The van der Waals surface area contributed by atoms with Crippen LogP contribution >= 0.6 is 24.0 Å². The van der Waals surface area contributed by atoms with Crippen molar-refractivity contribution in [2.45, 2.75) is 68.9 Å². The number of thioether (sulfide) groups is 1. The summed E-state index contributed by atoms with van der Waals surface area (Å²) in [6.45, 7) is 3.90. The van der Waals surface area contributed by atoms with Gasteiger partial charge in [0.2, 0.25) is 10.5 Å². The van der Waals surface area contributed by atoms with Crippen molar-refractivity contribution in [2.24, 2.45) is 0 Å². The monoisotopic (exact) mass is 360 g/mol. The SMILES string of the molecule is C=CCSc1c2c3c(oc2nc(=S)n1C1CCCCC1)CCCC3. The van der Waals surface area contributed by atoms with Crippen LogP contribution in [0.3, 0.4) is 0 Å². The maximum atomic E-state index is 6.10. The Bertz CT molecular complexity index is 815. The van der Waals surface area contributed by atoms with Crippen LogP contribution in [0.2, 0.25) is 0 Å². The molecule has 24 heavy (non-hydrogen) atoms. The Kier molecular flexibility index (Phi) is 4.81. The topological polar surface area (TPSA) is 31.0 Å². The Hall–Kier alpha value is -1.07. The molecular weight excluding hydrogens is 336 g/mol. The highest BCUT2D eigenvalue weighted by atomic mass is 32.2. The van der Waals surface area contributed by atoms with Gasteiger partial charge in [0, 0.05) is 23.8 Å². The second-order valence-corrected chi connectivity index (χ2v) is 8.23. The number of hydrogen-bond donors (Lipinski definition) is 0. The van der Waals surface area contributed by atoms with Gasteiger partial charge >= 0.3 is 0 Å². The van der Waals surface area contributed by atoms with Crippen molar-refractivity contribution in [1.29, 1.82) is 0 Å². The van der Waals surface area contributed by atoms with Crippen molar-refractivity contribution in [3.63, 3.8) is 0 Å². The molecule has 128 valence electrons. The van der Waals surface area contributed by atoms with Crippen molar-refractivity contribution in [3.05, 3.63) is 28.7 Å². The van der Waals surface area contributed by atoms with E-state index >= 15 is 0 Å². The molecule has 0 N–H and O–H groups in total. The van der Waals surface area contributed by atoms with E-state index in [1.54, 1.807) is 0 Å². The standard InChI is InChI=1S/C19H24N2OS2/c1-2-12-24-18-16-14-10-6-7-11-15(14)22-17(16)20-19(23)21(18)13-8-4-3-5-9-13/h2,13H,1,3-12H2. The van der Waals surface area contributed by atoms with Crippen LogP contribution in [0.5, 0.6) is 0 Å². The van der Waals surface area contributed by atoms with E-state index in [4.69, 9.17) is 21.6 Å². The first-order chi connectivity index (χ1) is 11.8. The van der Waals surface area contributed by atoms with Crippen molar-refractivity contribution in [3.8, 4) is 0 Å². The van der Waals surface area contributed by atoms with Crippen molar-refractivity contribution >= 4 is 35.1 Å². The van der Waals surface area contributed by atoms with Gasteiger partial charge in [-0.2, -0.15) is 4.98 Å². The second-order valence-electron chi connectivity index (χ2n) is 6.85. The van der Waals surface area contributed by atoms with E-state index in [2.05, 4.69) is 11.1 Å². The number of furan rings is 1. The zero-order valence-corrected chi connectivity index (χ0v) is 15.7. The van der Waals surface area contributed by atoms with Gasteiger partial charge < -0.3 is 8.98 Å². The van der Waals surface area contributed by atoms with Crippen LogP contribution < -0.4 is 0 Å². The highest BCUT2D eigenvalue weighted by Gasteiger charge is 2.26. The molecular formula is C19H24N2OS2. The molecule has 2 aromatic rings. The van der Waals surface area contributed by atoms with E-state index in [1.807, 2.05) is 17.8 Å². The highest BCUT2D eigenvalue weighted by molar-refractivity contribution is 7.99. The summed E-state index contributed by atoms with van der Waals surface area (Å²) < 4.78 is 9.13. The Morgan fingerprint density at radius 3 is 2.79 bits per heavy atom. The summed E-state index contributed by atoms with van der Waals surface area (Å²) in [4.78, 5) is 4.70. The Morgan fingerprint density at radius 2 is 2.00 bits per heavy atom. The van der Waals surface area contributed by atoms with Gasteiger partial charge in [-0.1, -0.05) is 25.3 Å².